The van der Waals surface area contributed by atoms with Crippen LogP contribution in [-0.4, -0.2) is 26.6 Å². The predicted molar refractivity (Wildman–Crippen MR) is 147 cm³/mol. The molecule has 0 saturated carbocycles. The normalized spacial score (nSPS) is 10.3. The number of anilines is 3. The Hall–Kier alpha value is -5.23. The summed E-state index contributed by atoms with van der Waals surface area (Å²) in [6.45, 7) is 2.08. The zero-order valence-electron chi connectivity index (χ0n) is 20.5. The molecule has 37 heavy (non-hydrogen) atoms. The molecule has 3 aromatic heterocycles. The van der Waals surface area contributed by atoms with E-state index in [9.17, 15) is 4.79 Å². The Balaban J connectivity index is 0.000000270. The number of pyridine rings is 2. The van der Waals surface area contributed by atoms with Gasteiger partial charge in [0.1, 0.15) is 23.3 Å². The van der Waals surface area contributed by atoms with Gasteiger partial charge in [0.2, 0.25) is 5.95 Å². The van der Waals surface area contributed by atoms with Gasteiger partial charge in [-0.3, -0.25) is 9.36 Å². The Labute approximate surface area is 214 Å². The van der Waals surface area contributed by atoms with Crippen molar-refractivity contribution in [2.75, 3.05) is 23.8 Å². The second kappa shape index (κ2) is 11.0. The van der Waals surface area contributed by atoms with Gasteiger partial charge in [-0.2, -0.15) is 10.2 Å². The minimum atomic E-state index is 0.00831. The van der Waals surface area contributed by atoms with E-state index in [1.807, 2.05) is 78.3 Å². The molecule has 0 unspecified atom stereocenters. The fourth-order valence-electron chi connectivity index (χ4n) is 4.01. The Morgan fingerprint density at radius 2 is 1.81 bits per heavy atom. The van der Waals surface area contributed by atoms with Crippen LogP contribution in [-0.2, 0) is 6.42 Å². The molecule has 5 aromatic rings. The molecular formula is C28H26N8O. The molecule has 0 fully saturated rings. The second-order valence-electron chi connectivity index (χ2n) is 8.05. The van der Waals surface area contributed by atoms with E-state index in [2.05, 4.69) is 33.3 Å². The highest BCUT2D eigenvalue weighted by molar-refractivity contribution is 5.96. The summed E-state index contributed by atoms with van der Waals surface area (Å²) in [4.78, 5) is 25.0. The SMILES string of the molecule is CCc1cc2cccc(-c3ccnc(NC)c3)c2c(=O)n1-c1ccccc1.N#Cc1cnc(N)nc1N. The van der Waals surface area contributed by atoms with Crippen LogP contribution in [0.1, 0.15) is 18.2 Å². The number of aryl methyl sites for hydroxylation is 1. The zero-order chi connectivity index (χ0) is 26.4. The third-order valence-corrected chi connectivity index (χ3v) is 5.78. The first-order chi connectivity index (χ1) is 18.0. The fourth-order valence-corrected chi connectivity index (χ4v) is 4.01. The van der Waals surface area contributed by atoms with Gasteiger partial charge in [0.15, 0.2) is 0 Å². The molecule has 0 saturated heterocycles. The predicted octanol–water partition coefficient (Wildman–Crippen LogP) is 4.17. The lowest BCUT2D eigenvalue weighted by Gasteiger charge is -2.15. The van der Waals surface area contributed by atoms with Crippen molar-refractivity contribution in [3.8, 4) is 22.9 Å². The lowest BCUT2D eigenvalue weighted by atomic mass is 9.99. The highest BCUT2D eigenvalue weighted by Gasteiger charge is 2.14. The maximum absolute atomic E-state index is 13.6. The number of benzene rings is 2. The number of para-hydroxylation sites is 1. The van der Waals surface area contributed by atoms with E-state index in [-0.39, 0.29) is 22.9 Å². The zero-order valence-corrected chi connectivity index (χ0v) is 20.5. The number of nitriles is 1. The number of rotatable bonds is 4. The largest absolute Gasteiger partial charge is 0.382 e. The lowest BCUT2D eigenvalue weighted by molar-refractivity contribution is 0.889. The van der Waals surface area contributed by atoms with Crippen LogP contribution in [0.4, 0.5) is 17.6 Å². The molecular weight excluding hydrogens is 464 g/mol. The average molecular weight is 491 g/mol. The molecule has 9 nitrogen and oxygen atoms in total. The monoisotopic (exact) mass is 490 g/mol. The average Bonchev–Trinajstić information content (AvgIpc) is 2.93. The van der Waals surface area contributed by atoms with E-state index in [1.54, 1.807) is 6.20 Å². The molecule has 0 atom stereocenters. The van der Waals surface area contributed by atoms with Crippen molar-refractivity contribution in [2.45, 2.75) is 13.3 Å². The summed E-state index contributed by atoms with van der Waals surface area (Å²) in [5, 5.41) is 13.1. The second-order valence-corrected chi connectivity index (χ2v) is 8.05. The summed E-state index contributed by atoms with van der Waals surface area (Å²) in [6, 6.07) is 23.7. The van der Waals surface area contributed by atoms with Gasteiger partial charge in [0, 0.05) is 24.6 Å². The summed E-state index contributed by atoms with van der Waals surface area (Å²) in [5.74, 6) is 0.976. The van der Waals surface area contributed by atoms with Crippen LogP contribution >= 0.6 is 0 Å². The number of nitrogens with two attached hydrogens (primary N) is 2. The van der Waals surface area contributed by atoms with Crippen molar-refractivity contribution in [1.29, 1.82) is 5.26 Å². The number of nitrogens with zero attached hydrogens (tertiary/aromatic N) is 5. The first-order valence-corrected chi connectivity index (χ1v) is 11.6. The Kier molecular flexibility index (Phi) is 7.40. The van der Waals surface area contributed by atoms with Gasteiger partial charge in [0.25, 0.3) is 5.56 Å². The minimum Gasteiger partial charge on any atom is -0.382 e. The quantitative estimate of drug-likeness (QED) is 0.340. The number of hydrogen-bond acceptors (Lipinski definition) is 8. The van der Waals surface area contributed by atoms with Crippen molar-refractivity contribution >= 4 is 28.4 Å². The summed E-state index contributed by atoms with van der Waals surface area (Å²) < 4.78 is 1.83. The van der Waals surface area contributed by atoms with Crippen LogP contribution in [0.2, 0.25) is 0 Å². The highest BCUT2D eigenvalue weighted by atomic mass is 16.1. The van der Waals surface area contributed by atoms with Gasteiger partial charge < -0.3 is 16.8 Å². The van der Waals surface area contributed by atoms with Crippen LogP contribution < -0.4 is 22.3 Å². The van der Waals surface area contributed by atoms with Gasteiger partial charge >= 0.3 is 0 Å². The topological polar surface area (TPSA) is 149 Å². The number of aromatic nitrogens is 4. The van der Waals surface area contributed by atoms with Crippen molar-refractivity contribution in [3.63, 3.8) is 0 Å². The molecule has 0 spiro atoms. The molecule has 0 radical (unpaired) electrons. The molecule has 9 heteroatoms. The number of hydrogen-bond donors (Lipinski definition) is 3. The van der Waals surface area contributed by atoms with Gasteiger partial charge in [-0.15, -0.1) is 0 Å². The summed E-state index contributed by atoms with van der Waals surface area (Å²) >= 11 is 0. The standard InChI is InChI=1S/C23H21N3O.C5H5N5/c1-3-18-14-17-8-7-11-20(16-12-13-25-21(15-16)24-2)22(17)23(27)26(18)19-9-5-4-6-10-19;6-1-3-2-9-5(8)10-4(3)7/h4-15H,3H2,1-2H3,(H,24,25);2H,(H4,7,8,9,10). The third kappa shape index (κ3) is 5.23. The molecule has 0 amide bonds. The Morgan fingerprint density at radius 1 is 1.03 bits per heavy atom. The summed E-state index contributed by atoms with van der Waals surface area (Å²) in [6.07, 6.45) is 3.83. The van der Waals surface area contributed by atoms with Crippen molar-refractivity contribution in [3.05, 3.63) is 101 Å². The van der Waals surface area contributed by atoms with E-state index >= 15 is 0 Å². The van der Waals surface area contributed by atoms with Crippen LogP contribution in [0, 0.1) is 11.3 Å². The van der Waals surface area contributed by atoms with Crippen molar-refractivity contribution in [1.82, 2.24) is 19.5 Å². The Bertz CT molecular complexity index is 1660. The number of nitrogens with one attached hydrogen (secondary N) is 1. The first kappa shape index (κ1) is 24.9. The summed E-state index contributed by atoms with van der Waals surface area (Å²) in [7, 11) is 1.84. The molecule has 5 rings (SSSR count). The molecule has 0 aliphatic carbocycles. The van der Waals surface area contributed by atoms with Crippen LogP contribution in [0.5, 0.6) is 0 Å². The molecule has 5 N–H and O–H groups in total. The smallest absolute Gasteiger partial charge is 0.263 e. The van der Waals surface area contributed by atoms with Crippen molar-refractivity contribution in [2.24, 2.45) is 0 Å². The fraction of sp³-hybridized carbons (Fsp3) is 0.107. The van der Waals surface area contributed by atoms with E-state index < -0.39 is 0 Å². The van der Waals surface area contributed by atoms with E-state index in [4.69, 9.17) is 16.7 Å². The van der Waals surface area contributed by atoms with E-state index in [0.29, 0.717) is 0 Å². The van der Waals surface area contributed by atoms with Crippen LogP contribution in [0.15, 0.2) is 83.9 Å². The van der Waals surface area contributed by atoms with Gasteiger partial charge in [-0.25, -0.2) is 9.97 Å². The Morgan fingerprint density at radius 3 is 2.49 bits per heavy atom. The molecule has 3 heterocycles. The first-order valence-electron chi connectivity index (χ1n) is 11.6. The van der Waals surface area contributed by atoms with Crippen LogP contribution in [0.25, 0.3) is 27.6 Å². The van der Waals surface area contributed by atoms with Crippen LogP contribution in [0.3, 0.4) is 0 Å². The van der Waals surface area contributed by atoms with Gasteiger partial charge in [-0.1, -0.05) is 43.3 Å². The summed E-state index contributed by atoms with van der Waals surface area (Å²) in [5.41, 5.74) is 14.5. The molecule has 0 aliphatic heterocycles. The number of nitrogen functional groups attached to an aromatic ring is 2. The maximum Gasteiger partial charge on any atom is 0.263 e. The molecule has 184 valence electrons. The number of fused-ring (bicyclic) bond motifs is 1. The van der Waals surface area contributed by atoms with E-state index in [1.165, 1.54) is 6.20 Å². The lowest BCUT2D eigenvalue weighted by Crippen LogP contribution is -2.22. The molecule has 2 aromatic carbocycles. The maximum atomic E-state index is 13.6. The highest BCUT2D eigenvalue weighted by Crippen LogP contribution is 2.28. The van der Waals surface area contributed by atoms with Gasteiger partial charge in [0.05, 0.1) is 11.6 Å². The molecule has 0 bridgehead atoms. The molecule has 0 aliphatic rings. The minimum absolute atomic E-state index is 0.00831. The van der Waals surface area contributed by atoms with E-state index in [0.717, 1.165) is 45.5 Å². The van der Waals surface area contributed by atoms with Gasteiger partial charge in [-0.05, 0) is 53.3 Å². The van der Waals surface area contributed by atoms with Crippen molar-refractivity contribution < 1.29 is 0 Å². The third-order valence-electron chi connectivity index (χ3n) is 5.78.